The van der Waals surface area contributed by atoms with Gasteiger partial charge in [0.05, 0.1) is 12.8 Å². The first-order valence-electron chi connectivity index (χ1n) is 6.78. The molecule has 0 spiro atoms. The molecule has 21 heavy (non-hydrogen) atoms. The Hall–Kier alpha value is -1.66. The van der Waals surface area contributed by atoms with E-state index in [0.29, 0.717) is 18.0 Å². The fraction of sp³-hybridized carbons (Fsp3) is 0.643. The van der Waals surface area contributed by atoms with Crippen LogP contribution < -0.4 is 15.0 Å². The maximum absolute atomic E-state index is 12.2. The maximum Gasteiger partial charge on any atom is 0.389 e. The van der Waals surface area contributed by atoms with Crippen molar-refractivity contribution >= 4 is 11.4 Å². The summed E-state index contributed by atoms with van der Waals surface area (Å²) in [6, 6.07) is 1.72. The predicted octanol–water partition coefficient (Wildman–Crippen LogP) is 3.69. The first kappa shape index (κ1) is 17.4. The van der Waals surface area contributed by atoms with Crippen LogP contribution in [0, 0.1) is 0 Å². The Kier molecular flexibility index (Phi) is 6.11. The minimum atomic E-state index is -4.10. The third-order valence-corrected chi connectivity index (χ3v) is 3.06. The van der Waals surface area contributed by atoms with Gasteiger partial charge in [-0.3, -0.25) is 0 Å². The van der Waals surface area contributed by atoms with Crippen molar-refractivity contribution in [3.05, 3.63) is 12.3 Å². The van der Waals surface area contributed by atoms with Crippen LogP contribution in [0.2, 0.25) is 0 Å². The molecule has 0 fully saturated rings. The Balaban J connectivity index is 2.72. The highest BCUT2D eigenvalue weighted by Crippen LogP contribution is 2.33. The lowest BCUT2D eigenvalue weighted by Crippen LogP contribution is -2.20. The van der Waals surface area contributed by atoms with Crippen molar-refractivity contribution in [1.82, 2.24) is 4.98 Å². The van der Waals surface area contributed by atoms with Crippen LogP contribution in [-0.4, -0.2) is 38.4 Å². The Morgan fingerprint density at radius 1 is 1.38 bits per heavy atom. The van der Waals surface area contributed by atoms with E-state index in [4.69, 9.17) is 4.74 Å². The van der Waals surface area contributed by atoms with Gasteiger partial charge < -0.3 is 15.0 Å². The topological polar surface area (TPSA) is 37.4 Å². The molecule has 120 valence electrons. The molecule has 1 rings (SSSR count). The molecular formula is C14H22F3N3O. The van der Waals surface area contributed by atoms with Crippen molar-refractivity contribution in [3.8, 4) is 5.88 Å². The zero-order chi connectivity index (χ0) is 16.0. The molecule has 1 aromatic heterocycles. The molecule has 0 amide bonds. The van der Waals surface area contributed by atoms with Gasteiger partial charge in [-0.1, -0.05) is 0 Å². The molecule has 0 saturated carbocycles. The van der Waals surface area contributed by atoms with Gasteiger partial charge in [0.25, 0.3) is 0 Å². The third-order valence-electron chi connectivity index (χ3n) is 3.06. The number of anilines is 2. The van der Waals surface area contributed by atoms with Gasteiger partial charge in [0.15, 0.2) is 0 Å². The van der Waals surface area contributed by atoms with E-state index in [9.17, 15) is 13.2 Å². The van der Waals surface area contributed by atoms with Gasteiger partial charge in [0, 0.05) is 32.8 Å². The second-order valence-corrected chi connectivity index (χ2v) is 5.16. The number of ether oxygens (including phenoxy) is 1. The summed E-state index contributed by atoms with van der Waals surface area (Å²) in [6.45, 7) is 1.85. The van der Waals surface area contributed by atoms with Gasteiger partial charge in [-0.05, 0) is 25.8 Å². The number of rotatable bonds is 7. The smallest absolute Gasteiger partial charge is 0.389 e. The molecule has 0 aromatic carbocycles. The average Bonchev–Trinajstić information content (AvgIpc) is 2.37. The SMILES string of the molecule is COc1nccc(N(C)C)c1NC(C)CCCC(F)(F)F. The molecule has 1 unspecified atom stereocenters. The van der Waals surface area contributed by atoms with Crippen LogP contribution in [0.1, 0.15) is 26.2 Å². The number of hydrogen-bond acceptors (Lipinski definition) is 4. The summed E-state index contributed by atoms with van der Waals surface area (Å²) in [5, 5.41) is 3.20. The van der Waals surface area contributed by atoms with Gasteiger partial charge in [-0.25, -0.2) is 4.98 Å². The standard InChI is InChI=1S/C14H22F3N3O/c1-10(6-5-8-14(15,16)17)19-12-11(20(2)3)7-9-18-13(12)21-4/h7,9-10,19H,5-6,8H2,1-4H3. The molecule has 1 heterocycles. The van der Waals surface area contributed by atoms with Crippen LogP contribution in [0.25, 0.3) is 0 Å². The zero-order valence-electron chi connectivity index (χ0n) is 12.8. The van der Waals surface area contributed by atoms with Crippen molar-refractivity contribution < 1.29 is 17.9 Å². The molecule has 1 aromatic rings. The third kappa shape index (κ3) is 5.69. The molecule has 0 saturated heterocycles. The number of methoxy groups -OCH3 is 1. The Morgan fingerprint density at radius 3 is 2.57 bits per heavy atom. The molecular weight excluding hydrogens is 283 g/mol. The van der Waals surface area contributed by atoms with Gasteiger partial charge in [-0.15, -0.1) is 0 Å². The number of aromatic nitrogens is 1. The van der Waals surface area contributed by atoms with Crippen LogP contribution in [0.3, 0.4) is 0 Å². The summed E-state index contributed by atoms with van der Waals surface area (Å²) in [4.78, 5) is 6.02. The van der Waals surface area contributed by atoms with E-state index < -0.39 is 12.6 Å². The predicted molar refractivity (Wildman–Crippen MR) is 78.1 cm³/mol. The van der Waals surface area contributed by atoms with Crippen molar-refractivity contribution in [2.45, 2.75) is 38.4 Å². The van der Waals surface area contributed by atoms with Gasteiger partial charge >= 0.3 is 6.18 Å². The summed E-state index contributed by atoms with van der Waals surface area (Å²) >= 11 is 0. The summed E-state index contributed by atoms with van der Waals surface area (Å²) in [7, 11) is 5.28. The van der Waals surface area contributed by atoms with Crippen LogP contribution in [0.5, 0.6) is 5.88 Å². The zero-order valence-corrected chi connectivity index (χ0v) is 12.8. The van der Waals surface area contributed by atoms with E-state index in [1.807, 2.05) is 32.0 Å². The monoisotopic (exact) mass is 305 g/mol. The molecule has 0 bridgehead atoms. The molecule has 0 aliphatic rings. The first-order chi connectivity index (χ1) is 9.74. The summed E-state index contributed by atoms with van der Waals surface area (Å²) in [5.74, 6) is 0.434. The molecule has 0 aliphatic carbocycles. The normalized spacial score (nSPS) is 12.9. The minimum absolute atomic E-state index is 0.0948. The van der Waals surface area contributed by atoms with E-state index in [1.165, 1.54) is 7.11 Å². The quantitative estimate of drug-likeness (QED) is 0.833. The van der Waals surface area contributed by atoms with Crippen LogP contribution in [0.4, 0.5) is 24.5 Å². The van der Waals surface area contributed by atoms with Crippen LogP contribution in [-0.2, 0) is 0 Å². The van der Waals surface area contributed by atoms with E-state index in [2.05, 4.69) is 10.3 Å². The summed E-state index contributed by atoms with van der Waals surface area (Å²) < 4.78 is 41.7. The van der Waals surface area contributed by atoms with E-state index in [-0.39, 0.29) is 12.5 Å². The highest BCUT2D eigenvalue weighted by atomic mass is 19.4. The van der Waals surface area contributed by atoms with Crippen LogP contribution in [0.15, 0.2) is 12.3 Å². The number of hydrogen-bond donors (Lipinski definition) is 1. The van der Waals surface area contributed by atoms with Gasteiger partial charge in [0.1, 0.15) is 5.69 Å². The maximum atomic E-state index is 12.2. The summed E-state index contributed by atoms with van der Waals surface area (Å²) in [6.07, 6.45) is -2.71. The highest BCUT2D eigenvalue weighted by Gasteiger charge is 2.26. The lowest BCUT2D eigenvalue weighted by molar-refractivity contribution is -0.135. The molecule has 4 nitrogen and oxygen atoms in total. The second-order valence-electron chi connectivity index (χ2n) is 5.16. The first-order valence-corrected chi connectivity index (χ1v) is 6.78. The minimum Gasteiger partial charge on any atom is -0.479 e. The molecule has 0 aliphatic heterocycles. The number of alkyl halides is 3. The van der Waals surface area contributed by atoms with Crippen molar-refractivity contribution in [3.63, 3.8) is 0 Å². The Labute approximate surface area is 123 Å². The van der Waals surface area contributed by atoms with Gasteiger partial charge in [0.2, 0.25) is 5.88 Å². The molecule has 1 N–H and O–H groups in total. The highest BCUT2D eigenvalue weighted by molar-refractivity contribution is 5.74. The number of nitrogens with zero attached hydrogens (tertiary/aromatic N) is 2. The fourth-order valence-corrected chi connectivity index (χ4v) is 2.02. The van der Waals surface area contributed by atoms with Crippen molar-refractivity contribution in [2.75, 3.05) is 31.4 Å². The number of pyridine rings is 1. The average molecular weight is 305 g/mol. The van der Waals surface area contributed by atoms with E-state index in [0.717, 1.165) is 5.69 Å². The lowest BCUT2D eigenvalue weighted by atomic mass is 10.1. The molecule has 0 radical (unpaired) electrons. The molecule has 1 atom stereocenters. The number of halogens is 3. The number of nitrogens with one attached hydrogen (secondary N) is 1. The second kappa shape index (κ2) is 7.38. The molecule has 7 heteroatoms. The van der Waals surface area contributed by atoms with E-state index in [1.54, 1.807) is 6.20 Å². The Morgan fingerprint density at radius 2 is 2.05 bits per heavy atom. The van der Waals surface area contributed by atoms with E-state index >= 15 is 0 Å². The van der Waals surface area contributed by atoms with Crippen molar-refractivity contribution in [2.24, 2.45) is 0 Å². The fourth-order valence-electron chi connectivity index (χ4n) is 2.02. The largest absolute Gasteiger partial charge is 0.479 e. The summed E-state index contributed by atoms with van der Waals surface area (Å²) in [5.41, 5.74) is 1.58. The van der Waals surface area contributed by atoms with Crippen molar-refractivity contribution in [1.29, 1.82) is 0 Å². The van der Waals surface area contributed by atoms with Gasteiger partial charge in [-0.2, -0.15) is 13.2 Å². The Bertz CT molecular complexity index is 450. The lowest BCUT2D eigenvalue weighted by Gasteiger charge is -2.23. The van der Waals surface area contributed by atoms with Crippen LogP contribution >= 0.6 is 0 Å².